The van der Waals surface area contributed by atoms with Gasteiger partial charge in [-0.05, 0) is 12.1 Å². The summed E-state index contributed by atoms with van der Waals surface area (Å²) in [7, 11) is 1.48. The van der Waals surface area contributed by atoms with Gasteiger partial charge in [0.05, 0.1) is 17.7 Å². The molecule has 1 aliphatic rings. The molecule has 0 fully saturated rings. The SMILES string of the molecule is CNC(=O)Nc1cc2n(n1)CCN2C(=O)c1ccccc1C(=O)O. The molecule has 0 spiro atoms. The van der Waals surface area contributed by atoms with E-state index in [4.69, 9.17) is 0 Å². The molecule has 1 aromatic heterocycles. The second-order valence-electron chi connectivity index (χ2n) is 5.12. The first-order valence-corrected chi connectivity index (χ1v) is 7.22. The molecule has 9 nitrogen and oxygen atoms in total. The topological polar surface area (TPSA) is 117 Å². The first-order valence-electron chi connectivity index (χ1n) is 7.22. The second kappa shape index (κ2) is 6.03. The predicted octanol–water partition coefficient (Wildman–Crippen LogP) is 0.993. The fourth-order valence-electron chi connectivity index (χ4n) is 2.55. The highest BCUT2D eigenvalue weighted by molar-refractivity contribution is 6.12. The van der Waals surface area contributed by atoms with E-state index in [1.165, 1.54) is 24.1 Å². The number of benzene rings is 1. The van der Waals surface area contributed by atoms with Gasteiger partial charge in [0.25, 0.3) is 5.91 Å². The van der Waals surface area contributed by atoms with Crippen LogP contribution in [0.15, 0.2) is 30.3 Å². The zero-order valence-corrected chi connectivity index (χ0v) is 12.8. The summed E-state index contributed by atoms with van der Waals surface area (Å²) >= 11 is 0. The van der Waals surface area contributed by atoms with Crippen molar-refractivity contribution in [2.75, 3.05) is 23.8 Å². The summed E-state index contributed by atoms with van der Waals surface area (Å²) in [6.45, 7) is 0.848. The van der Waals surface area contributed by atoms with Gasteiger partial charge in [0, 0.05) is 19.7 Å². The van der Waals surface area contributed by atoms with Gasteiger partial charge in [-0.15, -0.1) is 0 Å². The summed E-state index contributed by atoms with van der Waals surface area (Å²) in [4.78, 5) is 36.8. The van der Waals surface area contributed by atoms with E-state index in [0.717, 1.165) is 0 Å². The third kappa shape index (κ3) is 2.67. The highest BCUT2D eigenvalue weighted by Gasteiger charge is 2.30. The Morgan fingerprint density at radius 1 is 1.17 bits per heavy atom. The molecule has 3 N–H and O–H groups in total. The second-order valence-corrected chi connectivity index (χ2v) is 5.12. The van der Waals surface area contributed by atoms with Crippen molar-refractivity contribution in [3.8, 4) is 0 Å². The molecule has 1 aromatic carbocycles. The molecule has 0 atom stereocenters. The highest BCUT2D eigenvalue weighted by atomic mass is 16.4. The fourth-order valence-corrected chi connectivity index (χ4v) is 2.55. The van der Waals surface area contributed by atoms with Gasteiger partial charge >= 0.3 is 12.0 Å². The summed E-state index contributed by atoms with van der Waals surface area (Å²) in [6.07, 6.45) is 0. The molecule has 1 aliphatic heterocycles. The number of rotatable bonds is 3. The first kappa shape index (κ1) is 15.5. The van der Waals surface area contributed by atoms with Crippen LogP contribution < -0.4 is 15.5 Å². The largest absolute Gasteiger partial charge is 0.478 e. The normalized spacial score (nSPS) is 12.6. The van der Waals surface area contributed by atoms with Crippen LogP contribution in [0.4, 0.5) is 16.4 Å². The van der Waals surface area contributed by atoms with Crippen molar-refractivity contribution in [1.82, 2.24) is 15.1 Å². The van der Waals surface area contributed by atoms with E-state index in [-0.39, 0.29) is 11.1 Å². The lowest BCUT2D eigenvalue weighted by atomic mass is 10.1. The van der Waals surface area contributed by atoms with Crippen LogP contribution in [0.25, 0.3) is 0 Å². The van der Waals surface area contributed by atoms with E-state index in [9.17, 15) is 19.5 Å². The number of aromatic nitrogens is 2. The Bertz CT molecular complexity index is 829. The maximum atomic E-state index is 12.7. The molecule has 2 heterocycles. The summed E-state index contributed by atoms with van der Waals surface area (Å²) in [5, 5.41) is 18.4. The van der Waals surface area contributed by atoms with E-state index >= 15 is 0 Å². The van der Waals surface area contributed by atoms with Crippen molar-refractivity contribution < 1.29 is 19.5 Å². The lowest BCUT2D eigenvalue weighted by Gasteiger charge is -2.16. The van der Waals surface area contributed by atoms with Gasteiger partial charge in [0.1, 0.15) is 5.82 Å². The van der Waals surface area contributed by atoms with Gasteiger partial charge < -0.3 is 10.4 Å². The lowest BCUT2D eigenvalue weighted by Crippen LogP contribution is -2.30. The Balaban J connectivity index is 1.90. The van der Waals surface area contributed by atoms with Gasteiger partial charge in [0.15, 0.2) is 5.82 Å². The maximum Gasteiger partial charge on any atom is 0.336 e. The van der Waals surface area contributed by atoms with Crippen LogP contribution in [-0.4, -0.2) is 46.4 Å². The van der Waals surface area contributed by atoms with Crippen LogP contribution in [-0.2, 0) is 6.54 Å². The molecule has 9 heteroatoms. The number of nitrogens with one attached hydrogen (secondary N) is 2. The van der Waals surface area contributed by atoms with E-state index in [1.807, 2.05) is 0 Å². The molecular formula is C15H15N5O4. The summed E-state index contributed by atoms with van der Waals surface area (Å²) in [6, 6.07) is 7.21. The van der Waals surface area contributed by atoms with Crippen LogP contribution in [0.2, 0.25) is 0 Å². The van der Waals surface area contributed by atoms with Gasteiger partial charge in [0.2, 0.25) is 0 Å². The number of hydrogen-bond acceptors (Lipinski definition) is 4. The number of fused-ring (bicyclic) bond motifs is 1. The maximum absolute atomic E-state index is 12.7. The smallest absolute Gasteiger partial charge is 0.336 e. The van der Waals surface area contributed by atoms with Gasteiger partial charge in [-0.25, -0.2) is 14.3 Å². The van der Waals surface area contributed by atoms with Crippen molar-refractivity contribution in [3.63, 3.8) is 0 Å². The minimum absolute atomic E-state index is 0.0517. The fraction of sp³-hybridized carbons (Fsp3) is 0.200. The molecule has 0 saturated heterocycles. The van der Waals surface area contributed by atoms with Crippen LogP contribution in [0, 0.1) is 0 Å². The first-order chi connectivity index (χ1) is 11.5. The Kier molecular flexibility index (Phi) is 3.90. The Morgan fingerprint density at radius 2 is 1.88 bits per heavy atom. The number of aromatic carboxylic acids is 1. The van der Waals surface area contributed by atoms with Crippen molar-refractivity contribution in [1.29, 1.82) is 0 Å². The molecule has 0 aliphatic carbocycles. The molecule has 0 saturated carbocycles. The number of carbonyl (C=O) groups is 3. The zero-order chi connectivity index (χ0) is 17.3. The standard InChI is InChI=1S/C15H15N5O4/c1-16-15(24)17-11-8-12-19(6-7-20(12)18-11)13(21)9-4-2-3-5-10(9)14(22)23/h2-5,8H,6-7H2,1H3,(H,22,23)(H2,16,17,18,24). The molecule has 0 radical (unpaired) electrons. The quantitative estimate of drug-likeness (QED) is 0.776. The number of carboxylic acids is 1. The molecule has 3 rings (SSSR count). The van der Waals surface area contributed by atoms with Gasteiger partial charge in [-0.3, -0.25) is 15.0 Å². The number of anilines is 2. The van der Waals surface area contributed by atoms with Crippen LogP contribution in [0.1, 0.15) is 20.7 Å². The molecule has 0 unspecified atom stereocenters. The van der Waals surface area contributed by atoms with E-state index < -0.39 is 17.9 Å². The van der Waals surface area contributed by atoms with Crippen LogP contribution in [0.5, 0.6) is 0 Å². The van der Waals surface area contributed by atoms with E-state index in [0.29, 0.717) is 24.7 Å². The van der Waals surface area contributed by atoms with Crippen molar-refractivity contribution in [3.05, 3.63) is 41.5 Å². The van der Waals surface area contributed by atoms with E-state index in [2.05, 4.69) is 15.7 Å². The third-order valence-electron chi connectivity index (χ3n) is 3.67. The molecule has 2 aromatic rings. The molecular weight excluding hydrogens is 314 g/mol. The van der Waals surface area contributed by atoms with Crippen LogP contribution in [0.3, 0.4) is 0 Å². The summed E-state index contributed by atoms with van der Waals surface area (Å²) < 4.78 is 1.59. The van der Waals surface area contributed by atoms with Crippen molar-refractivity contribution in [2.24, 2.45) is 0 Å². The van der Waals surface area contributed by atoms with Gasteiger partial charge in [-0.1, -0.05) is 12.1 Å². The molecule has 24 heavy (non-hydrogen) atoms. The number of carboxylic acid groups (broad SMARTS) is 1. The summed E-state index contributed by atoms with van der Waals surface area (Å²) in [5.41, 5.74) is 0.0598. The number of hydrogen-bond donors (Lipinski definition) is 3. The minimum atomic E-state index is -1.16. The summed E-state index contributed by atoms with van der Waals surface area (Å²) in [5.74, 6) is -0.758. The Morgan fingerprint density at radius 3 is 2.54 bits per heavy atom. The van der Waals surface area contributed by atoms with Crippen molar-refractivity contribution >= 4 is 29.5 Å². The average Bonchev–Trinajstić information content (AvgIpc) is 3.13. The Labute approximate surface area is 136 Å². The molecule has 0 bridgehead atoms. The lowest BCUT2D eigenvalue weighted by molar-refractivity contribution is 0.0692. The predicted molar refractivity (Wildman–Crippen MR) is 85.4 cm³/mol. The highest BCUT2D eigenvalue weighted by Crippen LogP contribution is 2.27. The molecule has 124 valence electrons. The third-order valence-corrected chi connectivity index (χ3v) is 3.67. The number of amides is 3. The van der Waals surface area contributed by atoms with Gasteiger partial charge in [-0.2, -0.15) is 5.10 Å². The number of nitrogens with zero attached hydrogens (tertiary/aromatic N) is 3. The zero-order valence-electron chi connectivity index (χ0n) is 12.8. The van der Waals surface area contributed by atoms with Crippen molar-refractivity contribution in [2.45, 2.75) is 6.54 Å². The Hall–Kier alpha value is -3.36. The number of urea groups is 1. The minimum Gasteiger partial charge on any atom is -0.478 e. The van der Waals surface area contributed by atoms with Crippen LogP contribution >= 0.6 is 0 Å². The van der Waals surface area contributed by atoms with E-state index in [1.54, 1.807) is 22.9 Å². The average molecular weight is 329 g/mol. The number of carbonyl (C=O) groups excluding carboxylic acids is 2. The molecule has 3 amide bonds. The monoisotopic (exact) mass is 329 g/mol.